The number of carbonyl (C=O) groups excluding carboxylic acids is 1. The summed E-state index contributed by atoms with van der Waals surface area (Å²) in [7, 11) is 0. The topological polar surface area (TPSA) is 89.3 Å². The molecule has 0 fully saturated rings. The molecule has 1 amide bonds. The molecule has 0 aromatic heterocycles. The Morgan fingerprint density at radius 2 is 2.07 bits per heavy atom. The molecule has 14 heavy (non-hydrogen) atoms. The van der Waals surface area contributed by atoms with E-state index in [-0.39, 0.29) is 12.6 Å². The Bertz CT molecular complexity index is 326. The van der Waals surface area contributed by atoms with Crippen LogP contribution in [0.1, 0.15) is 15.9 Å². The number of primary amides is 1. The molecule has 4 nitrogen and oxygen atoms in total. The van der Waals surface area contributed by atoms with Crippen molar-refractivity contribution in [3.05, 3.63) is 35.4 Å². The van der Waals surface area contributed by atoms with E-state index >= 15 is 0 Å². The van der Waals surface area contributed by atoms with E-state index < -0.39 is 5.91 Å². The van der Waals surface area contributed by atoms with Gasteiger partial charge in [0.25, 0.3) is 0 Å². The average Bonchev–Trinajstić information content (AvgIpc) is 2.18. The highest BCUT2D eigenvalue weighted by atomic mass is 16.3. The molecule has 1 rings (SSSR count). The van der Waals surface area contributed by atoms with Crippen LogP contribution in [-0.4, -0.2) is 23.7 Å². The largest absolute Gasteiger partial charge is 0.395 e. The van der Waals surface area contributed by atoms with Crippen LogP contribution in [0, 0.1) is 0 Å². The molecule has 0 saturated heterocycles. The molecule has 4 heteroatoms. The summed E-state index contributed by atoms with van der Waals surface area (Å²) >= 11 is 0. The molecule has 0 aliphatic rings. The van der Waals surface area contributed by atoms with Crippen molar-refractivity contribution in [3.63, 3.8) is 0 Å². The van der Waals surface area contributed by atoms with E-state index in [4.69, 9.17) is 16.6 Å². The van der Waals surface area contributed by atoms with Gasteiger partial charge in [-0.1, -0.05) is 18.2 Å². The van der Waals surface area contributed by atoms with Crippen LogP contribution in [0.25, 0.3) is 0 Å². The Hall–Kier alpha value is -1.39. The number of nitrogens with two attached hydrogens (primary N) is 2. The van der Waals surface area contributed by atoms with Gasteiger partial charge in [-0.25, -0.2) is 0 Å². The summed E-state index contributed by atoms with van der Waals surface area (Å²) in [6.07, 6.45) is 0.454. The number of benzene rings is 1. The van der Waals surface area contributed by atoms with Gasteiger partial charge < -0.3 is 16.6 Å². The minimum atomic E-state index is -0.467. The second-order valence-electron chi connectivity index (χ2n) is 3.17. The lowest BCUT2D eigenvalue weighted by atomic mass is 10.0. The Morgan fingerprint density at radius 1 is 1.43 bits per heavy atom. The lowest BCUT2D eigenvalue weighted by molar-refractivity contribution is 0.0999. The molecule has 1 aromatic carbocycles. The highest BCUT2D eigenvalue weighted by molar-refractivity contribution is 5.94. The smallest absolute Gasteiger partial charge is 0.248 e. The Kier molecular flexibility index (Phi) is 3.62. The summed E-state index contributed by atoms with van der Waals surface area (Å²) in [5.41, 5.74) is 12.0. The molecule has 5 N–H and O–H groups in total. The minimum Gasteiger partial charge on any atom is -0.395 e. The van der Waals surface area contributed by atoms with Crippen molar-refractivity contribution in [2.75, 3.05) is 6.61 Å². The summed E-state index contributed by atoms with van der Waals surface area (Å²) in [5.74, 6) is -0.467. The van der Waals surface area contributed by atoms with Crippen molar-refractivity contribution in [1.29, 1.82) is 0 Å². The predicted molar refractivity (Wildman–Crippen MR) is 53.7 cm³/mol. The van der Waals surface area contributed by atoms with E-state index in [0.29, 0.717) is 12.0 Å². The Balaban J connectivity index is 2.90. The normalized spacial score (nSPS) is 12.4. The zero-order chi connectivity index (χ0) is 10.6. The van der Waals surface area contributed by atoms with Crippen LogP contribution in [0.3, 0.4) is 0 Å². The Labute approximate surface area is 82.5 Å². The molecule has 0 aliphatic heterocycles. The van der Waals surface area contributed by atoms with Gasteiger partial charge in [-0.05, 0) is 18.1 Å². The van der Waals surface area contributed by atoms with Gasteiger partial charge in [0.1, 0.15) is 0 Å². The number of rotatable bonds is 4. The fraction of sp³-hybridized carbons (Fsp3) is 0.300. The summed E-state index contributed by atoms with van der Waals surface area (Å²) < 4.78 is 0. The quantitative estimate of drug-likeness (QED) is 0.612. The van der Waals surface area contributed by atoms with Gasteiger partial charge in [-0.3, -0.25) is 4.79 Å². The van der Waals surface area contributed by atoms with Crippen LogP contribution < -0.4 is 11.5 Å². The lowest BCUT2D eigenvalue weighted by Crippen LogP contribution is -2.28. The molecule has 0 spiro atoms. The molecule has 76 valence electrons. The monoisotopic (exact) mass is 194 g/mol. The van der Waals surface area contributed by atoms with Gasteiger partial charge >= 0.3 is 0 Å². The first-order valence-corrected chi connectivity index (χ1v) is 4.39. The molecule has 0 heterocycles. The van der Waals surface area contributed by atoms with Crippen molar-refractivity contribution < 1.29 is 9.90 Å². The fourth-order valence-electron chi connectivity index (χ4n) is 1.29. The van der Waals surface area contributed by atoms with Crippen molar-refractivity contribution in [1.82, 2.24) is 0 Å². The SMILES string of the molecule is NC(=O)c1ccccc1C[C@@H](N)CO. The molecule has 0 bridgehead atoms. The van der Waals surface area contributed by atoms with Crippen molar-refractivity contribution in [2.24, 2.45) is 11.5 Å². The first-order valence-electron chi connectivity index (χ1n) is 4.39. The number of hydrogen-bond acceptors (Lipinski definition) is 3. The first-order chi connectivity index (χ1) is 6.65. The van der Waals surface area contributed by atoms with Gasteiger partial charge in [-0.15, -0.1) is 0 Å². The van der Waals surface area contributed by atoms with Crippen molar-refractivity contribution >= 4 is 5.91 Å². The fourth-order valence-corrected chi connectivity index (χ4v) is 1.29. The second kappa shape index (κ2) is 4.74. The molecule has 0 saturated carbocycles. The summed E-state index contributed by atoms with van der Waals surface area (Å²) in [6, 6.07) is 6.65. The average molecular weight is 194 g/mol. The van der Waals surface area contributed by atoms with Crippen LogP contribution in [0.15, 0.2) is 24.3 Å². The van der Waals surface area contributed by atoms with E-state index in [1.165, 1.54) is 0 Å². The molecule has 1 atom stereocenters. The van der Waals surface area contributed by atoms with E-state index in [1.54, 1.807) is 18.2 Å². The summed E-state index contributed by atoms with van der Waals surface area (Å²) in [4.78, 5) is 11.0. The zero-order valence-electron chi connectivity index (χ0n) is 7.81. The molecule has 0 aliphatic carbocycles. The van der Waals surface area contributed by atoms with Gasteiger partial charge in [0.2, 0.25) is 5.91 Å². The maximum absolute atomic E-state index is 11.0. The van der Waals surface area contributed by atoms with Crippen LogP contribution >= 0.6 is 0 Å². The number of aliphatic hydroxyl groups excluding tert-OH is 1. The molecule has 1 aromatic rings. The standard InChI is InChI=1S/C10H14N2O2/c11-8(6-13)5-7-3-1-2-4-9(7)10(12)14/h1-4,8,13H,5-6,11H2,(H2,12,14)/t8-/m1/s1. The zero-order valence-corrected chi connectivity index (χ0v) is 7.81. The van der Waals surface area contributed by atoms with Gasteiger partial charge in [0.05, 0.1) is 6.61 Å². The van der Waals surface area contributed by atoms with E-state index in [1.807, 2.05) is 6.07 Å². The lowest BCUT2D eigenvalue weighted by Gasteiger charge is -2.10. The van der Waals surface area contributed by atoms with E-state index in [0.717, 1.165) is 5.56 Å². The summed E-state index contributed by atoms with van der Waals surface area (Å²) in [6.45, 7) is -0.104. The third-order valence-electron chi connectivity index (χ3n) is 2.00. The maximum Gasteiger partial charge on any atom is 0.248 e. The van der Waals surface area contributed by atoms with Crippen LogP contribution in [0.5, 0.6) is 0 Å². The van der Waals surface area contributed by atoms with Gasteiger partial charge in [-0.2, -0.15) is 0 Å². The highest BCUT2D eigenvalue weighted by Crippen LogP contribution is 2.09. The highest BCUT2D eigenvalue weighted by Gasteiger charge is 2.09. The summed E-state index contributed by atoms with van der Waals surface area (Å²) in [5, 5.41) is 8.78. The van der Waals surface area contributed by atoms with Crippen LogP contribution in [-0.2, 0) is 6.42 Å². The van der Waals surface area contributed by atoms with Gasteiger partial charge in [0, 0.05) is 11.6 Å². The number of amides is 1. The number of aliphatic hydroxyl groups is 1. The van der Waals surface area contributed by atoms with Crippen LogP contribution in [0.2, 0.25) is 0 Å². The third kappa shape index (κ3) is 2.55. The van der Waals surface area contributed by atoms with Crippen LogP contribution in [0.4, 0.5) is 0 Å². The van der Waals surface area contributed by atoms with E-state index in [9.17, 15) is 4.79 Å². The van der Waals surface area contributed by atoms with E-state index in [2.05, 4.69) is 0 Å². The van der Waals surface area contributed by atoms with Crippen molar-refractivity contribution in [3.8, 4) is 0 Å². The predicted octanol–water partition coefficient (Wildman–Crippen LogP) is -0.352. The molecule has 0 unspecified atom stereocenters. The minimum absolute atomic E-state index is 0.104. The third-order valence-corrected chi connectivity index (χ3v) is 2.00. The first kappa shape index (κ1) is 10.7. The Morgan fingerprint density at radius 3 is 2.64 bits per heavy atom. The number of carbonyl (C=O) groups is 1. The molecular weight excluding hydrogens is 180 g/mol. The second-order valence-corrected chi connectivity index (χ2v) is 3.17. The van der Waals surface area contributed by atoms with Gasteiger partial charge in [0.15, 0.2) is 0 Å². The number of hydrogen-bond donors (Lipinski definition) is 3. The molecular formula is C10H14N2O2. The maximum atomic E-state index is 11.0. The molecule has 0 radical (unpaired) electrons. The van der Waals surface area contributed by atoms with Crippen molar-refractivity contribution in [2.45, 2.75) is 12.5 Å².